The van der Waals surface area contributed by atoms with Gasteiger partial charge in [0.1, 0.15) is 6.04 Å². The fourth-order valence-electron chi connectivity index (χ4n) is 3.09. The molecule has 8 heteroatoms. The van der Waals surface area contributed by atoms with Gasteiger partial charge in [-0.3, -0.25) is 0 Å². The van der Waals surface area contributed by atoms with E-state index in [1.807, 2.05) is 13.0 Å². The topological polar surface area (TPSA) is 75.7 Å². The summed E-state index contributed by atoms with van der Waals surface area (Å²) in [6.45, 7) is 5.36. The number of benzene rings is 2. The average Bonchev–Trinajstić information content (AvgIpc) is 3.00. The van der Waals surface area contributed by atoms with Gasteiger partial charge < -0.3 is 10.1 Å². The normalized spacial score (nSPS) is 19.6. The molecule has 0 spiro atoms. The van der Waals surface area contributed by atoms with Gasteiger partial charge >= 0.3 is 5.97 Å². The standard InChI is InChI=1S/C20H22N2O4S2/c1-13(2)26-19(23)17-18(15-7-5-4-6-8-15)22(20(27)21-17)28(24,25)16-11-9-14(3)10-12-16/h4-13,17-18H,1-3H3,(H,21,27)/t17-,18-/m0/s1. The number of sulfonamides is 1. The van der Waals surface area contributed by atoms with Crippen molar-refractivity contribution in [1.29, 1.82) is 0 Å². The molecule has 1 aliphatic rings. The number of aryl methyl sites for hydroxylation is 1. The van der Waals surface area contributed by atoms with Crippen molar-refractivity contribution in [2.75, 3.05) is 0 Å². The summed E-state index contributed by atoms with van der Waals surface area (Å²) in [7, 11) is -3.98. The predicted octanol–water partition coefficient (Wildman–Crippen LogP) is 2.94. The second-order valence-corrected chi connectivity index (χ2v) is 9.08. The molecule has 0 bridgehead atoms. The Hall–Kier alpha value is -2.45. The Labute approximate surface area is 170 Å². The van der Waals surface area contributed by atoms with Crippen LogP contribution in [0.2, 0.25) is 0 Å². The SMILES string of the molecule is Cc1ccc(S(=O)(=O)N2C(=S)N[C@H](C(=O)OC(C)C)[C@@H]2c2ccccc2)cc1. The third kappa shape index (κ3) is 3.88. The molecule has 2 aromatic carbocycles. The minimum Gasteiger partial charge on any atom is -0.461 e. The fraction of sp³-hybridized carbons (Fsp3) is 0.300. The Morgan fingerprint density at radius 1 is 1.11 bits per heavy atom. The molecule has 1 N–H and O–H groups in total. The van der Waals surface area contributed by atoms with Crippen LogP contribution >= 0.6 is 12.2 Å². The minimum absolute atomic E-state index is 0.0277. The molecule has 0 aromatic heterocycles. The van der Waals surface area contributed by atoms with Crippen LogP contribution in [0, 0.1) is 6.92 Å². The zero-order chi connectivity index (χ0) is 20.5. The molecule has 28 heavy (non-hydrogen) atoms. The molecule has 1 saturated heterocycles. The Balaban J connectivity index is 2.08. The van der Waals surface area contributed by atoms with Gasteiger partial charge in [0, 0.05) is 0 Å². The summed E-state index contributed by atoms with van der Waals surface area (Å²) in [4.78, 5) is 12.8. The van der Waals surface area contributed by atoms with Crippen LogP contribution in [0.25, 0.3) is 0 Å². The van der Waals surface area contributed by atoms with Gasteiger partial charge in [-0.1, -0.05) is 48.0 Å². The van der Waals surface area contributed by atoms with Crippen molar-refractivity contribution in [2.24, 2.45) is 0 Å². The molecule has 0 amide bonds. The van der Waals surface area contributed by atoms with E-state index in [-0.39, 0.29) is 16.1 Å². The number of ether oxygens (including phenoxy) is 1. The van der Waals surface area contributed by atoms with Crippen molar-refractivity contribution in [3.8, 4) is 0 Å². The molecule has 6 nitrogen and oxygen atoms in total. The van der Waals surface area contributed by atoms with Crippen molar-refractivity contribution >= 4 is 33.3 Å². The van der Waals surface area contributed by atoms with E-state index in [0.29, 0.717) is 5.56 Å². The molecule has 0 unspecified atom stereocenters. The molecule has 3 rings (SSSR count). The number of esters is 1. The lowest BCUT2D eigenvalue weighted by Gasteiger charge is -2.27. The first kappa shape index (κ1) is 20.3. The van der Waals surface area contributed by atoms with Gasteiger partial charge in [-0.05, 0) is 50.7 Å². The molecule has 0 saturated carbocycles. The highest BCUT2D eigenvalue weighted by Gasteiger charge is 2.49. The summed E-state index contributed by atoms with van der Waals surface area (Å²) in [5.74, 6) is -0.548. The predicted molar refractivity (Wildman–Crippen MR) is 110 cm³/mol. The van der Waals surface area contributed by atoms with Crippen molar-refractivity contribution in [1.82, 2.24) is 9.62 Å². The van der Waals surface area contributed by atoms with Gasteiger partial charge in [-0.25, -0.2) is 17.5 Å². The maximum atomic E-state index is 13.4. The molecule has 0 radical (unpaired) electrons. The van der Waals surface area contributed by atoms with Crippen LogP contribution in [0.1, 0.15) is 31.0 Å². The molecular formula is C20H22N2O4S2. The number of hydrogen-bond acceptors (Lipinski definition) is 5. The van der Waals surface area contributed by atoms with Gasteiger partial charge in [0.15, 0.2) is 11.2 Å². The van der Waals surface area contributed by atoms with Crippen LogP contribution < -0.4 is 5.32 Å². The molecule has 2 atom stereocenters. The maximum Gasteiger partial charge on any atom is 0.331 e. The monoisotopic (exact) mass is 418 g/mol. The van der Waals surface area contributed by atoms with Crippen molar-refractivity contribution in [3.05, 3.63) is 65.7 Å². The number of hydrogen-bond donors (Lipinski definition) is 1. The lowest BCUT2D eigenvalue weighted by atomic mass is 10.0. The number of rotatable bonds is 5. The third-order valence-electron chi connectivity index (χ3n) is 4.37. The second kappa shape index (κ2) is 7.89. The van der Waals surface area contributed by atoms with Crippen LogP contribution in [0.5, 0.6) is 0 Å². The van der Waals surface area contributed by atoms with Crippen molar-refractivity contribution in [3.63, 3.8) is 0 Å². The van der Waals surface area contributed by atoms with E-state index in [1.165, 1.54) is 12.1 Å². The van der Waals surface area contributed by atoms with Gasteiger partial charge in [0.05, 0.1) is 11.0 Å². The van der Waals surface area contributed by atoms with E-state index < -0.39 is 28.1 Å². The quantitative estimate of drug-likeness (QED) is 0.594. The van der Waals surface area contributed by atoms with Crippen LogP contribution in [-0.4, -0.2) is 36.0 Å². The first-order valence-electron chi connectivity index (χ1n) is 8.89. The largest absolute Gasteiger partial charge is 0.461 e. The zero-order valence-electron chi connectivity index (χ0n) is 15.8. The highest BCUT2D eigenvalue weighted by atomic mass is 32.2. The minimum atomic E-state index is -3.98. The summed E-state index contributed by atoms with van der Waals surface area (Å²) >= 11 is 5.33. The average molecular weight is 419 g/mol. The number of carbonyl (C=O) groups is 1. The van der Waals surface area contributed by atoms with Gasteiger partial charge in [0.2, 0.25) is 0 Å². The van der Waals surface area contributed by atoms with Crippen molar-refractivity contribution in [2.45, 2.75) is 43.9 Å². The molecule has 1 heterocycles. The second-order valence-electron chi connectivity index (χ2n) is 6.88. The lowest BCUT2D eigenvalue weighted by Crippen LogP contribution is -2.39. The summed E-state index contributed by atoms with van der Waals surface area (Å²) in [5, 5.41) is 2.82. The van der Waals surface area contributed by atoms with E-state index in [0.717, 1.165) is 9.87 Å². The van der Waals surface area contributed by atoms with E-state index >= 15 is 0 Å². The first-order valence-corrected chi connectivity index (χ1v) is 10.7. The number of nitrogens with zero attached hydrogens (tertiary/aromatic N) is 1. The first-order chi connectivity index (χ1) is 13.2. The summed E-state index contributed by atoms with van der Waals surface area (Å²) < 4.78 is 33.2. The molecular weight excluding hydrogens is 396 g/mol. The molecule has 1 aliphatic heterocycles. The third-order valence-corrected chi connectivity index (χ3v) is 6.60. The highest BCUT2D eigenvalue weighted by molar-refractivity contribution is 7.91. The number of thiocarbonyl (C=S) groups is 1. The van der Waals surface area contributed by atoms with Crippen LogP contribution in [0.4, 0.5) is 0 Å². The van der Waals surface area contributed by atoms with Crippen LogP contribution in [-0.2, 0) is 19.6 Å². The summed E-state index contributed by atoms with van der Waals surface area (Å²) in [6.07, 6.45) is -0.331. The van der Waals surface area contributed by atoms with E-state index in [4.69, 9.17) is 17.0 Å². The smallest absolute Gasteiger partial charge is 0.331 e. The highest BCUT2D eigenvalue weighted by Crippen LogP contribution is 2.35. The van der Waals surface area contributed by atoms with E-state index in [9.17, 15) is 13.2 Å². The van der Waals surface area contributed by atoms with Crippen molar-refractivity contribution < 1.29 is 17.9 Å². The Kier molecular flexibility index (Phi) is 5.71. The van der Waals surface area contributed by atoms with Gasteiger partial charge in [-0.15, -0.1) is 0 Å². The van der Waals surface area contributed by atoms with E-state index in [2.05, 4.69) is 5.32 Å². The van der Waals surface area contributed by atoms with Crippen LogP contribution in [0.3, 0.4) is 0 Å². The number of carbonyl (C=O) groups excluding carboxylic acids is 1. The van der Waals surface area contributed by atoms with Gasteiger partial charge in [0.25, 0.3) is 10.0 Å². The Morgan fingerprint density at radius 2 is 1.71 bits per heavy atom. The summed E-state index contributed by atoms with van der Waals surface area (Å²) in [6, 6.07) is 13.7. The Morgan fingerprint density at radius 3 is 2.29 bits per heavy atom. The molecule has 1 fully saturated rings. The molecule has 148 valence electrons. The van der Waals surface area contributed by atoms with Crippen LogP contribution in [0.15, 0.2) is 59.5 Å². The Bertz CT molecular complexity index is 973. The number of nitrogens with one attached hydrogen (secondary N) is 1. The molecule has 0 aliphatic carbocycles. The molecule has 2 aromatic rings. The maximum absolute atomic E-state index is 13.4. The lowest BCUT2D eigenvalue weighted by molar-refractivity contribution is -0.150. The van der Waals surface area contributed by atoms with E-state index in [1.54, 1.807) is 50.2 Å². The zero-order valence-corrected chi connectivity index (χ0v) is 17.5. The van der Waals surface area contributed by atoms with Gasteiger partial charge in [-0.2, -0.15) is 0 Å². The summed E-state index contributed by atoms with van der Waals surface area (Å²) in [5.41, 5.74) is 1.59. The fourth-order valence-corrected chi connectivity index (χ4v) is 5.15.